The number of nitrogens with zero attached hydrogens (tertiary/aromatic N) is 2. The molecule has 0 aliphatic rings. The first kappa shape index (κ1) is 20.3. The fourth-order valence-corrected chi connectivity index (χ4v) is 3.13. The molecular weight excluding hydrogens is 399 g/mol. The molecule has 0 aliphatic heterocycles. The molecule has 31 heavy (non-hydrogen) atoms. The molecular formula is C22H21FN6O2. The number of anilines is 3. The minimum absolute atomic E-state index is 0.298. The van der Waals surface area contributed by atoms with Crippen molar-refractivity contribution in [1.82, 2.24) is 20.5 Å². The number of amides is 2. The average molecular weight is 420 g/mol. The highest BCUT2D eigenvalue weighted by molar-refractivity contribution is 5.95. The molecule has 1 unspecified atom stereocenters. The lowest BCUT2D eigenvalue weighted by Crippen LogP contribution is -2.35. The van der Waals surface area contributed by atoms with E-state index < -0.39 is 6.03 Å². The zero-order chi connectivity index (χ0) is 21.6. The molecule has 1 atom stereocenters. The second-order valence-corrected chi connectivity index (χ2v) is 6.84. The standard InChI is InChI=1S/C22H21FN6O2/c1-31-13-19(14-5-3-2-4-6-14)26-22(30)27-20-11-18-17(12-24-20)21(29-28-18)25-16-9-7-15(23)8-10-16/h2-12,19H,13H2,1H3,(H2,25,28,29)(H2,24,26,27,30). The number of aromatic nitrogens is 3. The van der Waals surface area contributed by atoms with E-state index in [4.69, 9.17) is 4.74 Å². The van der Waals surface area contributed by atoms with Crippen LogP contribution in [0.25, 0.3) is 10.9 Å². The van der Waals surface area contributed by atoms with Gasteiger partial charge >= 0.3 is 6.03 Å². The van der Waals surface area contributed by atoms with Crippen LogP contribution < -0.4 is 16.0 Å². The van der Waals surface area contributed by atoms with Gasteiger partial charge in [0.15, 0.2) is 5.82 Å². The minimum atomic E-state index is -0.401. The van der Waals surface area contributed by atoms with Crippen LogP contribution in [0, 0.1) is 5.82 Å². The van der Waals surface area contributed by atoms with E-state index in [-0.39, 0.29) is 11.9 Å². The monoisotopic (exact) mass is 420 g/mol. The molecule has 0 aliphatic carbocycles. The lowest BCUT2D eigenvalue weighted by molar-refractivity contribution is 0.168. The normalized spacial score (nSPS) is 11.8. The smallest absolute Gasteiger partial charge is 0.320 e. The molecule has 0 radical (unpaired) electrons. The number of pyridine rings is 1. The number of benzene rings is 2. The van der Waals surface area contributed by atoms with Crippen molar-refractivity contribution in [1.29, 1.82) is 0 Å². The fourth-order valence-electron chi connectivity index (χ4n) is 3.13. The van der Waals surface area contributed by atoms with E-state index in [9.17, 15) is 9.18 Å². The number of nitrogens with one attached hydrogen (secondary N) is 4. The third-order valence-electron chi connectivity index (χ3n) is 4.64. The molecule has 0 fully saturated rings. The van der Waals surface area contributed by atoms with Gasteiger partial charge in [-0.2, -0.15) is 5.10 Å². The maximum atomic E-state index is 13.1. The first-order valence-corrected chi connectivity index (χ1v) is 9.60. The molecule has 9 heteroatoms. The highest BCUT2D eigenvalue weighted by Crippen LogP contribution is 2.25. The number of fused-ring (bicyclic) bond motifs is 1. The third-order valence-corrected chi connectivity index (χ3v) is 4.64. The van der Waals surface area contributed by atoms with Gasteiger partial charge in [0.1, 0.15) is 11.6 Å². The Kier molecular flexibility index (Phi) is 6.04. The Hall–Kier alpha value is -3.98. The molecule has 158 valence electrons. The molecule has 0 saturated carbocycles. The predicted molar refractivity (Wildman–Crippen MR) is 117 cm³/mol. The van der Waals surface area contributed by atoms with Crippen molar-refractivity contribution in [3.8, 4) is 0 Å². The Morgan fingerprint density at radius 3 is 2.68 bits per heavy atom. The van der Waals surface area contributed by atoms with Crippen LogP contribution >= 0.6 is 0 Å². The summed E-state index contributed by atoms with van der Waals surface area (Å²) in [7, 11) is 1.58. The Balaban J connectivity index is 1.45. The van der Waals surface area contributed by atoms with Crippen LogP contribution in [0.3, 0.4) is 0 Å². The SMILES string of the molecule is COCC(NC(=O)Nc1cc2[nH]nc(Nc3ccc(F)cc3)c2cn1)c1ccccc1. The van der Waals surface area contributed by atoms with Gasteiger partial charge < -0.3 is 15.4 Å². The van der Waals surface area contributed by atoms with Gasteiger partial charge in [-0.3, -0.25) is 10.4 Å². The molecule has 2 aromatic heterocycles. The Bertz CT molecular complexity index is 1160. The number of ether oxygens (including phenoxy) is 1. The summed E-state index contributed by atoms with van der Waals surface area (Å²) in [6.45, 7) is 0.336. The van der Waals surface area contributed by atoms with E-state index in [0.29, 0.717) is 29.4 Å². The van der Waals surface area contributed by atoms with Gasteiger partial charge in [0, 0.05) is 25.1 Å². The number of hydrogen-bond donors (Lipinski definition) is 4. The molecule has 4 aromatic rings. The van der Waals surface area contributed by atoms with Gasteiger partial charge in [0.05, 0.1) is 23.6 Å². The second kappa shape index (κ2) is 9.23. The van der Waals surface area contributed by atoms with Crippen LogP contribution in [0.4, 0.5) is 26.5 Å². The zero-order valence-corrected chi connectivity index (χ0v) is 16.7. The van der Waals surface area contributed by atoms with Crippen molar-refractivity contribution in [2.24, 2.45) is 0 Å². The minimum Gasteiger partial charge on any atom is -0.382 e. The lowest BCUT2D eigenvalue weighted by atomic mass is 10.1. The van der Waals surface area contributed by atoms with Crippen molar-refractivity contribution in [3.63, 3.8) is 0 Å². The van der Waals surface area contributed by atoms with Gasteiger partial charge in [-0.1, -0.05) is 30.3 Å². The molecule has 4 N–H and O–H groups in total. The van der Waals surface area contributed by atoms with E-state index in [2.05, 4.69) is 31.1 Å². The van der Waals surface area contributed by atoms with Crippen molar-refractivity contribution in [3.05, 3.63) is 78.2 Å². The van der Waals surface area contributed by atoms with Crippen molar-refractivity contribution in [2.75, 3.05) is 24.4 Å². The summed E-state index contributed by atoms with van der Waals surface area (Å²) >= 11 is 0. The quantitative estimate of drug-likeness (QED) is 0.356. The number of H-pyrrole nitrogens is 1. The summed E-state index contributed by atoms with van der Waals surface area (Å²) in [6.07, 6.45) is 1.60. The molecule has 0 bridgehead atoms. The number of halogens is 1. The van der Waals surface area contributed by atoms with Gasteiger partial charge in [-0.15, -0.1) is 0 Å². The summed E-state index contributed by atoms with van der Waals surface area (Å²) in [6, 6.07) is 16.5. The molecule has 0 saturated heterocycles. The third kappa shape index (κ3) is 4.96. The molecule has 4 rings (SSSR count). The van der Waals surface area contributed by atoms with E-state index in [1.165, 1.54) is 12.1 Å². The number of carbonyl (C=O) groups excluding carboxylic acids is 1. The van der Waals surface area contributed by atoms with E-state index >= 15 is 0 Å². The van der Waals surface area contributed by atoms with Crippen molar-refractivity contribution < 1.29 is 13.9 Å². The number of carbonyl (C=O) groups is 1. The van der Waals surface area contributed by atoms with E-state index in [1.807, 2.05) is 30.3 Å². The first-order chi connectivity index (χ1) is 15.1. The van der Waals surface area contributed by atoms with Crippen LogP contribution in [0.2, 0.25) is 0 Å². The fraction of sp³-hybridized carbons (Fsp3) is 0.136. The molecule has 8 nitrogen and oxygen atoms in total. The highest BCUT2D eigenvalue weighted by atomic mass is 19.1. The number of aromatic amines is 1. The summed E-state index contributed by atoms with van der Waals surface area (Å²) in [5.74, 6) is 0.605. The second-order valence-electron chi connectivity index (χ2n) is 6.84. The number of rotatable bonds is 7. The topological polar surface area (TPSA) is 104 Å². The van der Waals surface area contributed by atoms with Crippen LogP contribution in [-0.2, 0) is 4.74 Å². The van der Waals surface area contributed by atoms with Gasteiger partial charge in [0.25, 0.3) is 0 Å². The van der Waals surface area contributed by atoms with Crippen LogP contribution in [0.5, 0.6) is 0 Å². The molecule has 2 aromatic carbocycles. The first-order valence-electron chi connectivity index (χ1n) is 9.60. The van der Waals surface area contributed by atoms with Gasteiger partial charge in [-0.25, -0.2) is 14.2 Å². The molecule has 0 spiro atoms. The average Bonchev–Trinajstić information content (AvgIpc) is 3.17. The number of methoxy groups -OCH3 is 1. The largest absolute Gasteiger partial charge is 0.382 e. The Morgan fingerprint density at radius 2 is 1.94 bits per heavy atom. The van der Waals surface area contributed by atoms with Crippen molar-refractivity contribution in [2.45, 2.75) is 6.04 Å². The molecule has 2 amide bonds. The van der Waals surface area contributed by atoms with E-state index in [0.717, 1.165) is 10.9 Å². The van der Waals surface area contributed by atoms with Gasteiger partial charge in [0.2, 0.25) is 0 Å². The lowest BCUT2D eigenvalue weighted by Gasteiger charge is -2.18. The van der Waals surface area contributed by atoms with E-state index in [1.54, 1.807) is 31.5 Å². The van der Waals surface area contributed by atoms with Crippen LogP contribution in [-0.4, -0.2) is 34.9 Å². The summed E-state index contributed by atoms with van der Waals surface area (Å²) in [5.41, 5.74) is 2.32. The predicted octanol–water partition coefficient (Wildman–Crippen LogP) is 4.35. The number of urea groups is 1. The zero-order valence-electron chi connectivity index (χ0n) is 16.7. The maximum absolute atomic E-state index is 13.1. The van der Waals surface area contributed by atoms with Crippen molar-refractivity contribution >= 4 is 34.3 Å². The summed E-state index contributed by atoms with van der Waals surface area (Å²) in [4.78, 5) is 16.8. The summed E-state index contributed by atoms with van der Waals surface area (Å²) < 4.78 is 18.3. The highest BCUT2D eigenvalue weighted by Gasteiger charge is 2.15. The number of hydrogen-bond acceptors (Lipinski definition) is 5. The van der Waals surface area contributed by atoms with Crippen LogP contribution in [0.15, 0.2) is 66.9 Å². The Morgan fingerprint density at radius 1 is 1.16 bits per heavy atom. The molecule has 2 heterocycles. The van der Waals surface area contributed by atoms with Crippen LogP contribution in [0.1, 0.15) is 11.6 Å². The van der Waals surface area contributed by atoms with Gasteiger partial charge in [-0.05, 0) is 29.8 Å². The Labute approximate surface area is 177 Å². The maximum Gasteiger partial charge on any atom is 0.320 e. The summed E-state index contributed by atoms with van der Waals surface area (Å²) in [5, 5.41) is 16.6.